The van der Waals surface area contributed by atoms with Crippen molar-refractivity contribution in [1.29, 1.82) is 0 Å². The van der Waals surface area contributed by atoms with Crippen LogP contribution >= 0.6 is 0 Å². The minimum Gasteiger partial charge on any atom is -0.398 e. The summed E-state index contributed by atoms with van der Waals surface area (Å²) in [6, 6.07) is 2.74. The number of nitrogens with two attached hydrogens (primary N) is 2. The quantitative estimate of drug-likeness (QED) is 0.427. The molecule has 0 aliphatic heterocycles. The lowest BCUT2D eigenvalue weighted by Crippen LogP contribution is -2.37. The first-order chi connectivity index (χ1) is 9.81. The Morgan fingerprint density at radius 2 is 1.86 bits per heavy atom. The van der Waals surface area contributed by atoms with Crippen LogP contribution in [0, 0.1) is 0 Å². The third-order valence-corrected chi connectivity index (χ3v) is 4.60. The molecular formula is C13H22N4O3S. The van der Waals surface area contributed by atoms with Crippen molar-refractivity contribution >= 4 is 21.7 Å². The summed E-state index contributed by atoms with van der Waals surface area (Å²) >= 11 is 0. The number of urea groups is 1. The first kappa shape index (κ1) is 17.3. The average molecular weight is 314 g/mol. The molecule has 0 saturated heterocycles. The Bertz CT molecular complexity index is 614. The molecule has 0 saturated carbocycles. The van der Waals surface area contributed by atoms with Crippen LogP contribution in [-0.4, -0.2) is 27.5 Å². The van der Waals surface area contributed by atoms with E-state index in [0.717, 1.165) is 5.56 Å². The van der Waals surface area contributed by atoms with E-state index in [4.69, 9.17) is 11.5 Å². The van der Waals surface area contributed by atoms with Crippen LogP contribution in [0.15, 0.2) is 17.0 Å². The predicted octanol–water partition coefficient (Wildman–Crippen LogP) is 0.340. The normalized spacial score (nSPS) is 11.3. The van der Waals surface area contributed by atoms with Gasteiger partial charge in [0.1, 0.15) is 0 Å². The molecule has 0 aliphatic rings. The molecule has 0 spiro atoms. The summed E-state index contributed by atoms with van der Waals surface area (Å²) < 4.78 is 27.2. The first-order valence-corrected chi connectivity index (χ1v) is 8.24. The molecule has 7 nitrogen and oxygen atoms in total. The molecule has 0 fully saturated rings. The Labute approximate surface area is 125 Å². The van der Waals surface area contributed by atoms with Crippen molar-refractivity contribution in [3.63, 3.8) is 0 Å². The van der Waals surface area contributed by atoms with Crippen LogP contribution < -0.4 is 21.5 Å². The zero-order chi connectivity index (χ0) is 16.0. The van der Waals surface area contributed by atoms with E-state index in [9.17, 15) is 13.2 Å². The summed E-state index contributed by atoms with van der Waals surface area (Å²) in [5, 5.41) is 2.32. The zero-order valence-electron chi connectivity index (χ0n) is 12.3. The van der Waals surface area contributed by atoms with E-state index in [1.807, 2.05) is 13.8 Å². The van der Waals surface area contributed by atoms with Crippen LogP contribution in [0.2, 0.25) is 0 Å². The maximum absolute atomic E-state index is 12.4. The highest BCUT2D eigenvalue weighted by Crippen LogP contribution is 2.25. The van der Waals surface area contributed by atoms with Crippen LogP contribution in [0.1, 0.15) is 25.0 Å². The molecule has 0 aromatic heterocycles. The van der Waals surface area contributed by atoms with E-state index < -0.39 is 16.1 Å². The van der Waals surface area contributed by atoms with E-state index >= 15 is 0 Å². The number of carbonyl (C=O) groups excluding carboxylic acids is 1. The van der Waals surface area contributed by atoms with Crippen molar-refractivity contribution in [2.75, 3.05) is 18.8 Å². The van der Waals surface area contributed by atoms with E-state index in [0.29, 0.717) is 24.1 Å². The van der Waals surface area contributed by atoms with Crippen LogP contribution in [0.5, 0.6) is 0 Å². The van der Waals surface area contributed by atoms with Gasteiger partial charge < -0.3 is 16.8 Å². The SMILES string of the molecule is CCc1cc(N)c(CC)c(S(=O)(=O)NCCNC(N)=O)c1. The van der Waals surface area contributed by atoms with Crippen molar-refractivity contribution < 1.29 is 13.2 Å². The molecule has 6 N–H and O–H groups in total. The third-order valence-electron chi connectivity index (χ3n) is 3.07. The molecule has 8 heteroatoms. The first-order valence-electron chi connectivity index (χ1n) is 6.76. The van der Waals surface area contributed by atoms with Crippen LogP contribution in [0.3, 0.4) is 0 Å². The summed E-state index contributed by atoms with van der Waals surface area (Å²) in [5.74, 6) is 0. The number of primary amides is 1. The van der Waals surface area contributed by atoms with Crippen molar-refractivity contribution in [2.24, 2.45) is 5.73 Å². The molecule has 21 heavy (non-hydrogen) atoms. The minimum atomic E-state index is -3.68. The average Bonchev–Trinajstić information content (AvgIpc) is 2.42. The molecule has 0 heterocycles. The molecule has 0 atom stereocenters. The number of rotatable bonds is 7. The van der Waals surface area contributed by atoms with Gasteiger partial charge in [-0.25, -0.2) is 17.9 Å². The van der Waals surface area contributed by atoms with Gasteiger partial charge in [-0.05, 0) is 36.1 Å². The highest BCUT2D eigenvalue weighted by atomic mass is 32.2. The van der Waals surface area contributed by atoms with Gasteiger partial charge in [0, 0.05) is 18.8 Å². The standard InChI is InChI=1S/C13H22N4O3S/c1-3-9-7-11(14)10(4-2)12(8-9)21(19,20)17-6-5-16-13(15)18/h7-8,17H,3-6,14H2,1-2H3,(H3,15,16,18). The summed E-state index contributed by atoms with van der Waals surface area (Å²) in [7, 11) is -3.68. The summed E-state index contributed by atoms with van der Waals surface area (Å²) in [4.78, 5) is 10.7. The van der Waals surface area contributed by atoms with Gasteiger partial charge in [0.05, 0.1) is 4.90 Å². The van der Waals surface area contributed by atoms with Gasteiger partial charge in [-0.15, -0.1) is 0 Å². The van der Waals surface area contributed by atoms with Gasteiger partial charge >= 0.3 is 6.03 Å². The summed E-state index contributed by atoms with van der Waals surface area (Å²) in [6.45, 7) is 3.97. The van der Waals surface area contributed by atoms with Gasteiger partial charge in [0.15, 0.2) is 0 Å². The maximum Gasteiger partial charge on any atom is 0.312 e. The fraction of sp³-hybridized carbons (Fsp3) is 0.462. The number of nitrogen functional groups attached to an aromatic ring is 1. The molecule has 118 valence electrons. The lowest BCUT2D eigenvalue weighted by atomic mass is 10.1. The number of anilines is 1. The number of nitrogens with one attached hydrogen (secondary N) is 2. The highest BCUT2D eigenvalue weighted by molar-refractivity contribution is 7.89. The highest BCUT2D eigenvalue weighted by Gasteiger charge is 2.20. The van der Waals surface area contributed by atoms with Crippen molar-refractivity contribution in [2.45, 2.75) is 31.6 Å². The van der Waals surface area contributed by atoms with E-state index in [-0.39, 0.29) is 18.0 Å². The van der Waals surface area contributed by atoms with Gasteiger partial charge in [-0.3, -0.25) is 0 Å². The van der Waals surface area contributed by atoms with Gasteiger partial charge in [-0.1, -0.05) is 13.8 Å². The monoisotopic (exact) mass is 314 g/mol. The van der Waals surface area contributed by atoms with Crippen molar-refractivity contribution in [3.8, 4) is 0 Å². The third kappa shape index (κ3) is 4.61. The molecule has 0 unspecified atom stereocenters. The van der Waals surface area contributed by atoms with E-state index in [2.05, 4.69) is 10.0 Å². The largest absolute Gasteiger partial charge is 0.398 e. The summed E-state index contributed by atoms with van der Waals surface area (Å²) in [5.41, 5.74) is 12.8. The van der Waals surface area contributed by atoms with E-state index in [1.54, 1.807) is 12.1 Å². The second-order valence-corrected chi connectivity index (χ2v) is 6.29. The minimum absolute atomic E-state index is 0.0602. The fourth-order valence-electron chi connectivity index (χ4n) is 2.00. The number of aryl methyl sites for hydroxylation is 1. The lowest BCUT2D eigenvalue weighted by molar-refractivity contribution is 0.249. The second kappa shape index (κ2) is 7.28. The molecule has 0 aliphatic carbocycles. The number of carbonyl (C=O) groups is 1. The number of sulfonamides is 1. The Morgan fingerprint density at radius 3 is 2.38 bits per heavy atom. The van der Waals surface area contributed by atoms with E-state index in [1.165, 1.54) is 0 Å². The van der Waals surface area contributed by atoms with Crippen LogP contribution in [0.25, 0.3) is 0 Å². The number of benzene rings is 1. The topological polar surface area (TPSA) is 127 Å². The Kier molecular flexibility index (Phi) is 5.98. The number of hydrogen-bond donors (Lipinski definition) is 4. The fourth-order valence-corrected chi connectivity index (χ4v) is 3.42. The Balaban J connectivity index is 3.01. The number of amides is 2. The molecule has 1 aromatic rings. The number of hydrogen-bond acceptors (Lipinski definition) is 4. The Morgan fingerprint density at radius 1 is 1.19 bits per heavy atom. The maximum atomic E-state index is 12.4. The van der Waals surface area contributed by atoms with Crippen LogP contribution in [0.4, 0.5) is 10.5 Å². The molecule has 1 rings (SSSR count). The second-order valence-electron chi connectivity index (χ2n) is 4.56. The molecule has 0 bridgehead atoms. The van der Waals surface area contributed by atoms with Gasteiger partial charge in [-0.2, -0.15) is 0 Å². The molecular weight excluding hydrogens is 292 g/mol. The smallest absolute Gasteiger partial charge is 0.312 e. The van der Waals surface area contributed by atoms with Gasteiger partial charge in [0.2, 0.25) is 10.0 Å². The molecule has 0 radical (unpaired) electrons. The Hall–Kier alpha value is -1.80. The van der Waals surface area contributed by atoms with Crippen LogP contribution in [-0.2, 0) is 22.9 Å². The molecule has 1 aromatic carbocycles. The van der Waals surface area contributed by atoms with Crippen molar-refractivity contribution in [3.05, 3.63) is 23.3 Å². The predicted molar refractivity (Wildman–Crippen MR) is 82.4 cm³/mol. The lowest BCUT2D eigenvalue weighted by Gasteiger charge is -2.14. The molecule has 2 amide bonds. The summed E-state index contributed by atoms with van der Waals surface area (Å²) in [6.07, 6.45) is 1.21. The van der Waals surface area contributed by atoms with Gasteiger partial charge in [0.25, 0.3) is 0 Å². The van der Waals surface area contributed by atoms with Crippen molar-refractivity contribution in [1.82, 2.24) is 10.0 Å². The zero-order valence-corrected chi connectivity index (χ0v) is 13.1.